The van der Waals surface area contributed by atoms with E-state index in [0.29, 0.717) is 17.1 Å². The van der Waals surface area contributed by atoms with Crippen molar-refractivity contribution in [2.45, 2.75) is 95.8 Å². The Morgan fingerprint density at radius 2 is 1.51 bits per heavy atom. The number of ketones is 1. The molecule has 0 saturated carbocycles. The number of ether oxygens (including phenoxy) is 2. The first-order valence-corrected chi connectivity index (χ1v) is 15.6. The van der Waals surface area contributed by atoms with Crippen molar-refractivity contribution >= 4 is 5.78 Å². The molecule has 5 nitrogen and oxygen atoms in total. The van der Waals surface area contributed by atoms with Crippen molar-refractivity contribution < 1.29 is 18.7 Å². The number of halogens is 1. The lowest BCUT2D eigenvalue weighted by atomic mass is 9.74. The van der Waals surface area contributed by atoms with Gasteiger partial charge in [-0.3, -0.25) is 4.79 Å². The van der Waals surface area contributed by atoms with E-state index in [0.717, 1.165) is 70.1 Å². The summed E-state index contributed by atoms with van der Waals surface area (Å²) >= 11 is 0. The molecule has 0 radical (unpaired) electrons. The second-order valence-corrected chi connectivity index (χ2v) is 11.6. The summed E-state index contributed by atoms with van der Waals surface area (Å²) in [5.41, 5.74) is 1.03. The molecule has 41 heavy (non-hydrogen) atoms. The maximum absolute atomic E-state index is 13.3. The molecule has 2 aromatic carbocycles. The van der Waals surface area contributed by atoms with Gasteiger partial charge in [0.2, 0.25) is 0 Å². The number of carbonyl (C=O) groups is 1. The number of carbonyl (C=O) groups excluding carboxylic acids is 1. The topological polar surface area (TPSA) is 62.6 Å². The molecule has 6 heteroatoms. The molecule has 0 bridgehead atoms. The first-order chi connectivity index (χ1) is 20.0. The van der Waals surface area contributed by atoms with E-state index >= 15 is 0 Å². The van der Waals surface area contributed by atoms with Gasteiger partial charge in [-0.05, 0) is 93.7 Å². The Bertz CT molecular complexity index is 1110. The predicted octanol–water partition coefficient (Wildman–Crippen LogP) is 8.51. The fraction of sp³-hybridized carbons (Fsp3) is 0.600. The van der Waals surface area contributed by atoms with Gasteiger partial charge in [0.05, 0.1) is 25.7 Å². The van der Waals surface area contributed by atoms with Crippen LogP contribution >= 0.6 is 0 Å². The van der Waals surface area contributed by atoms with Crippen molar-refractivity contribution in [3.63, 3.8) is 0 Å². The van der Waals surface area contributed by atoms with Crippen LogP contribution < -0.4 is 9.47 Å². The highest BCUT2D eigenvalue weighted by molar-refractivity contribution is 5.97. The summed E-state index contributed by atoms with van der Waals surface area (Å²) in [6.45, 7) is 4.89. The van der Waals surface area contributed by atoms with Gasteiger partial charge in [-0.25, -0.2) is 4.39 Å². The molecule has 1 atom stereocenters. The number of rotatable bonds is 18. The molecule has 2 aromatic rings. The van der Waals surface area contributed by atoms with E-state index in [2.05, 4.69) is 17.9 Å². The van der Waals surface area contributed by atoms with Crippen molar-refractivity contribution in [2.24, 2.45) is 5.92 Å². The van der Waals surface area contributed by atoms with Crippen LogP contribution in [0.15, 0.2) is 42.5 Å². The number of hydrogen-bond acceptors (Lipinski definition) is 5. The minimum absolute atomic E-state index is 0.0105. The molecule has 1 fully saturated rings. The SMILES string of the molecule is CCCCCCCCCCC(C#N)(CCCN1CCC(C(=O)c2ccc(F)cc2)CC1)c1ccc(OC)c(OC)c1. The van der Waals surface area contributed by atoms with Crippen LogP contribution in [0.4, 0.5) is 4.39 Å². The lowest BCUT2D eigenvalue weighted by Crippen LogP contribution is -2.37. The quantitative estimate of drug-likeness (QED) is 0.134. The van der Waals surface area contributed by atoms with Gasteiger partial charge in [0.1, 0.15) is 5.82 Å². The second-order valence-electron chi connectivity index (χ2n) is 11.6. The van der Waals surface area contributed by atoms with E-state index in [1.54, 1.807) is 26.4 Å². The van der Waals surface area contributed by atoms with Crippen LogP contribution in [0.5, 0.6) is 11.5 Å². The summed E-state index contributed by atoms with van der Waals surface area (Å²) in [7, 11) is 3.27. The Morgan fingerprint density at radius 1 is 0.902 bits per heavy atom. The molecular weight excluding hydrogens is 515 g/mol. The van der Waals surface area contributed by atoms with Crippen molar-refractivity contribution in [3.05, 3.63) is 59.4 Å². The van der Waals surface area contributed by atoms with Crippen LogP contribution in [0, 0.1) is 23.1 Å². The molecule has 1 aliphatic rings. The van der Waals surface area contributed by atoms with E-state index in [1.165, 1.54) is 50.7 Å². The zero-order valence-electron chi connectivity index (χ0n) is 25.4. The average Bonchev–Trinajstić information content (AvgIpc) is 3.01. The van der Waals surface area contributed by atoms with E-state index in [4.69, 9.17) is 9.47 Å². The van der Waals surface area contributed by atoms with Gasteiger partial charge in [-0.1, -0.05) is 64.4 Å². The number of likely N-dealkylation sites (tertiary alicyclic amines) is 1. The number of nitriles is 1. The fourth-order valence-electron chi connectivity index (χ4n) is 6.16. The van der Waals surface area contributed by atoms with E-state index < -0.39 is 5.41 Å². The highest BCUT2D eigenvalue weighted by Gasteiger charge is 2.33. The lowest BCUT2D eigenvalue weighted by Gasteiger charge is -2.33. The third-order valence-corrected chi connectivity index (χ3v) is 8.77. The summed E-state index contributed by atoms with van der Waals surface area (Å²) in [6, 6.07) is 14.6. The molecule has 0 N–H and O–H groups in total. The van der Waals surface area contributed by atoms with Gasteiger partial charge in [0.15, 0.2) is 17.3 Å². The Labute approximate surface area is 247 Å². The molecule has 1 heterocycles. The minimum Gasteiger partial charge on any atom is -0.493 e. The van der Waals surface area contributed by atoms with Gasteiger partial charge in [0, 0.05) is 11.5 Å². The highest BCUT2D eigenvalue weighted by atomic mass is 19.1. The number of Topliss-reactive ketones (excluding diaryl/α,β-unsaturated/α-hetero) is 1. The largest absolute Gasteiger partial charge is 0.493 e. The van der Waals surface area contributed by atoms with Crippen molar-refractivity contribution in [1.29, 1.82) is 5.26 Å². The molecule has 1 aliphatic heterocycles. The van der Waals surface area contributed by atoms with E-state index in [-0.39, 0.29) is 17.5 Å². The molecule has 0 aromatic heterocycles. The first kappa shape index (κ1) is 32.6. The number of unbranched alkanes of at least 4 members (excludes halogenated alkanes) is 7. The summed E-state index contributed by atoms with van der Waals surface area (Å²) in [4.78, 5) is 15.3. The molecule has 0 spiro atoms. The van der Waals surface area contributed by atoms with Crippen LogP contribution in [0.25, 0.3) is 0 Å². The molecule has 224 valence electrons. The molecule has 3 rings (SSSR count). The molecule has 1 unspecified atom stereocenters. The summed E-state index contributed by atoms with van der Waals surface area (Å²) in [5, 5.41) is 10.6. The molecule has 0 amide bonds. The molecular formula is C35H49FN2O3. The number of methoxy groups -OCH3 is 2. The number of piperidine rings is 1. The van der Waals surface area contributed by atoms with Gasteiger partial charge in [-0.15, -0.1) is 0 Å². The number of benzene rings is 2. The van der Waals surface area contributed by atoms with E-state index in [9.17, 15) is 14.4 Å². The zero-order chi connectivity index (χ0) is 29.5. The van der Waals surface area contributed by atoms with Crippen LogP contribution in [-0.4, -0.2) is 44.5 Å². The maximum Gasteiger partial charge on any atom is 0.166 e. The lowest BCUT2D eigenvalue weighted by molar-refractivity contribution is 0.0838. The summed E-state index contributed by atoms with van der Waals surface area (Å²) < 4.78 is 24.3. The van der Waals surface area contributed by atoms with Crippen LogP contribution in [0.2, 0.25) is 0 Å². The van der Waals surface area contributed by atoms with Crippen LogP contribution in [-0.2, 0) is 5.41 Å². The maximum atomic E-state index is 13.3. The fourth-order valence-corrected chi connectivity index (χ4v) is 6.16. The standard InChI is InChI=1S/C35H49FN2O3/c1-4-5-6-7-8-9-10-11-21-35(27-37,30-15-18-32(40-2)33(26-30)41-3)22-12-23-38-24-19-29(20-25-38)34(39)28-13-16-31(36)17-14-28/h13-18,26,29H,4-12,19-25H2,1-3H3. The Kier molecular flexibility index (Phi) is 13.6. The van der Waals surface area contributed by atoms with Crippen LogP contribution in [0.3, 0.4) is 0 Å². The number of hydrogen-bond donors (Lipinski definition) is 0. The van der Waals surface area contributed by atoms with E-state index in [1.807, 2.05) is 18.2 Å². The smallest absolute Gasteiger partial charge is 0.166 e. The third kappa shape index (κ3) is 9.57. The van der Waals surface area contributed by atoms with Gasteiger partial charge >= 0.3 is 0 Å². The Hall–Kier alpha value is -2.91. The summed E-state index contributed by atoms with van der Waals surface area (Å²) in [5.74, 6) is 1.12. The Morgan fingerprint density at radius 3 is 2.12 bits per heavy atom. The van der Waals surface area contributed by atoms with Gasteiger partial charge < -0.3 is 14.4 Å². The van der Waals surface area contributed by atoms with Gasteiger partial charge in [0.25, 0.3) is 0 Å². The van der Waals surface area contributed by atoms with Crippen LogP contribution in [0.1, 0.15) is 106 Å². The first-order valence-electron chi connectivity index (χ1n) is 15.6. The number of nitrogens with zero attached hydrogens (tertiary/aromatic N) is 2. The molecule has 0 aliphatic carbocycles. The zero-order valence-corrected chi connectivity index (χ0v) is 25.4. The predicted molar refractivity (Wildman–Crippen MR) is 163 cm³/mol. The monoisotopic (exact) mass is 564 g/mol. The molecule has 1 saturated heterocycles. The van der Waals surface area contributed by atoms with Crippen molar-refractivity contribution in [1.82, 2.24) is 4.90 Å². The second kappa shape index (κ2) is 17.1. The average molecular weight is 565 g/mol. The third-order valence-electron chi connectivity index (χ3n) is 8.77. The normalized spacial score (nSPS) is 15.7. The highest BCUT2D eigenvalue weighted by Crippen LogP contribution is 2.39. The van der Waals surface area contributed by atoms with Crippen molar-refractivity contribution in [2.75, 3.05) is 33.9 Å². The van der Waals surface area contributed by atoms with Gasteiger partial charge in [-0.2, -0.15) is 5.26 Å². The summed E-state index contributed by atoms with van der Waals surface area (Å²) in [6.07, 6.45) is 14.0. The minimum atomic E-state index is -0.571. The Balaban J connectivity index is 1.57. The van der Waals surface area contributed by atoms with Crippen molar-refractivity contribution in [3.8, 4) is 17.6 Å².